The van der Waals surface area contributed by atoms with Crippen LogP contribution in [-0.4, -0.2) is 17.9 Å². The average molecular weight is 289 g/mol. The van der Waals surface area contributed by atoms with Crippen molar-refractivity contribution in [3.05, 3.63) is 0 Å². The Morgan fingerprint density at radius 2 is 2.14 bits per heavy atom. The van der Waals surface area contributed by atoms with E-state index in [1.807, 2.05) is 27.7 Å². The second-order valence-corrected chi connectivity index (χ2v) is 7.67. The summed E-state index contributed by atoms with van der Waals surface area (Å²) in [7, 11) is 0. The second-order valence-electron chi connectivity index (χ2n) is 7.67. The predicted octanol–water partition coefficient (Wildman–Crippen LogP) is 2.72. The molecular formula is C17H23NO3. The number of fused-ring (bicyclic) bond motifs is 1. The Hall–Kier alpha value is -1.37. The van der Waals surface area contributed by atoms with Gasteiger partial charge in [-0.3, -0.25) is 9.59 Å². The summed E-state index contributed by atoms with van der Waals surface area (Å²) in [6.45, 7) is 7.75. The third-order valence-corrected chi connectivity index (χ3v) is 6.58. The van der Waals surface area contributed by atoms with Gasteiger partial charge in [0.05, 0.1) is 11.5 Å². The molecule has 4 nitrogen and oxygen atoms in total. The monoisotopic (exact) mass is 289 g/mol. The molecule has 114 valence electrons. The number of Topliss-reactive ketones (excluding diaryl/α,β-unsaturated/α-hetero) is 1. The fourth-order valence-corrected chi connectivity index (χ4v) is 4.79. The molecule has 6 atom stereocenters. The van der Waals surface area contributed by atoms with E-state index in [4.69, 9.17) is 4.74 Å². The van der Waals surface area contributed by atoms with Gasteiger partial charge in [0.25, 0.3) is 0 Å². The molecule has 6 unspecified atom stereocenters. The Balaban J connectivity index is 1.86. The standard InChI is InChI=1S/C17H23NO3/c1-5-16(3,4)15(20)21-14-10-6-12-11(14)7-13(19)17(12,8-18)9(10)2/h9-12,14H,5-7H2,1-4H3. The highest BCUT2D eigenvalue weighted by Gasteiger charge is 2.73. The van der Waals surface area contributed by atoms with Gasteiger partial charge >= 0.3 is 5.97 Å². The molecular weight excluding hydrogens is 266 g/mol. The zero-order valence-electron chi connectivity index (χ0n) is 13.2. The van der Waals surface area contributed by atoms with Crippen molar-refractivity contribution in [3.8, 4) is 6.07 Å². The van der Waals surface area contributed by atoms with Gasteiger partial charge < -0.3 is 4.74 Å². The van der Waals surface area contributed by atoms with E-state index in [-0.39, 0.29) is 41.5 Å². The number of hydrogen-bond donors (Lipinski definition) is 0. The Kier molecular flexibility index (Phi) is 2.99. The van der Waals surface area contributed by atoms with Gasteiger partial charge in [-0.25, -0.2) is 0 Å². The largest absolute Gasteiger partial charge is 0.461 e. The molecule has 4 heteroatoms. The Morgan fingerprint density at radius 1 is 1.48 bits per heavy atom. The SMILES string of the molecule is CCC(C)(C)C(=O)OC1C2CC3C1CC(=O)C3(C#N)C2C. The molecule has 0 spiro atoms. The molecule has 3 aliphatic carbocycles. The van der Waals surface area contributed by atoms with E-state index >= 15 is 0 Å². The minimum atomic E-state index is -0.793. The van der Waals surface area contributed by atoms with E-state index in [2.05, 4.69) is 6.07 Å². The summed E-state index contributed by atoms with van der Waals surface area (Å²) in [6, 6.07) is 2.32. The molecule has 0 aromatic heterocycles. The molecule has 0 aliphatic heterocycles. The van der Waals surface area contributed by atoms with Crippen molar-refractivity contribution in [3.63, 3.8) is 0 Å². The van der Waals surface area contributed by atoms with Gasteiger partial charge in [-0.05, 0) is 38.5 Å². The van der Waals surface area contributed by atoms with Crippen LogP contribution in [0.25, 0.3) is 0 Å². The van der Waals surface area contributed by atoms with Gasteiger partial charge in [-0.15, -0.1) is 0 Å². The van der Waals surface area contributed by atoms with Gasteiger partial charge in [-0.2, -0.15) is 5.26 Å². The molecule has 0 aromatic carbocycles. The van der Waals surface area contributed by atoms with Crippen molar-refractivity contribution >= 4 is 11.8 Å². The van der Waals surface area contributed by atoms with E-state index in [0.29, 0.717) is 6.42 Å². The molecule has 0 aromatic rings. The molecule has 3 fully saturated rings. The van der Waals surface area contributed by atoms with E-state index in [0.717, 1.165) is 12.8 Å². The lowest BCUT2D eigenvalue weighted by Gasteiger charge is -2.37. The van der Waals surface area contributed by atoms with Crippen LogP contribution in [0.3, 0.4) is 0 Å². The summed E-state index contributed by atoms with van der Waals surface area (Å²) in [4.78, 5) is 24.7. The zero-order chi connectivity index (χ0) is 15.6. The van der Waals surface area contributed by atoms with Crippen LogP contribution in [0.2, 0.25) is 0 Å². The maximum atomic E-state index is 12.4. The molecule has 3 saturated carbocycles. The van der Waals surface area contributed by atoms with E-state index in [1.165, 1.54) is 0 Å². The van der Waals surface area contributed by atoms with E-state index in [9.17, 15) is 14.9 Å². The third kappa shape index (κ3) is 1.61. The third-order valence-electron chi connectivity index (χ3n) is 6.58. The summed E-state index contributed by atoms with van der Waals surface area (Å²) in [5.41, 5.74) is -1.28. The van der Waals surface area contributed by atoms with Crippen molar-refractivity contribution in [1.29, 1.82) is 5.26 Å². The minimum Gasteiger partial charge on any atom is -0.461 e. The number of esters is 1. The van der Waals surface area contributed by atoms with Gasteiger partial charge in [0.2, 0.25) is 0 Å². The smallest absolute Gasteiger partial charge is 0.311 e. The first kappa shape index (κ1) is 14.6. The number of hydrogen-bond acceptors (Lipinski definition) is 4. The average Bonchev–Trinajstić information content (AvgIpc) is 3.01. The van der Waals surface area contributed by atoms with Crippen LogP contribution in [0, 0.1) is 45.8 Å². The first-order valence-corrected chi connectivity index (χ1v) is 7.95. The maximum Gasteiger partial charge on any atom is 0.311 e. The number of nitrogens with zero attached hydrogens (tertiary/aromatic N) is 1. The molecule has 0 radical (unpaired) electrons. The molecule has 3 aliphatic rings. The number of ketones is 1. The number of carbonyl (C=O) groups is 2. The fraction of sp³-hybridized carbons (Fsp3) is 0.824. The minimum absolute atomic E-state index is 0.00119. The van der Waals surface area contributed by atoms with Gasteiger partial charge in [0.15, 0.2) is 5.78 Å². The lowest BCUT2D eigenvalue weighted by Crippen LogP contribution is -2.44. The topological polar surface area (TPSA) is 67.2 Å². The van der Waals surface area contributed by atoms with Crippen LogP contribution in [0.1, 0.15) is 47.0 Å². The number of ether oxygens (including phenoxy) is 1. The highest BCUT2D eigenvalue weighted by molar-refractivity contribution is 5.92. The summed E-state index contributed by atoms with van der Waals surface area (Å²) in [5.74, 6) is 0.233. The lowest BCUT2D eigenvalue weighted by molar-refractivity contribution is -0.167. The summed E-state index contributed by atoms with van der Waals surface area (Å²) < 4.78 is 5.84. The van der Waals surface area contributed by atoms with Gasteiger partial charge in [0, 0.05) is 18.3 Å². The van der Waals surface area contributed by atoms with Crippen LogP contribution in [-0.2, 0) is 14.3 Å². The quantitative estimate of drug-likeness (QED) is 0.749. The second kappa shape index (κ2) is 4.32. The normalized spacial score (nSPS) is 44.0. The van der Waals surface area contributed by atoms with Gasteiger partial charge in [-0.1, -0.05) is 13.8 Å². The van der Waals surface area contributed by atoms with Crippen molar-refractivity contribution in [1.82, 2.24) is 0 Å². The molecule has 0 heterocycles. The van der Waals surface area contributed by atoms with E-state index < -0.39 is 10.8 Å². The number of carbonyl (C=O) groups excluding carboxylic acids is 2. The number of rotatable bonds is 3. The summed E-state index contributed by atoms with van der Waals surface area (Å²) >= 11 is 0. The van der Waals surface area contributed by atoms with E-state index in [1.54, 1.807) is 0 Å². The van der Waals surface area contributed by atoms with Crippen LogP contribution in [0.5, 0.6) is 0 Å². The highest BCUT2D eigenvalue weighted by Crippen LogP contribution is 2.68. The highest BCUT2D eigenvalue weighted by atomic mass is 16.5. The van der Waals surface area contributed by atoms with Crippen molar-refractivity contribution in [2.75, 3.05) is 0 Å². The zero-order valence-corrected chi connectivity index (χ0v) is 13.2. The maximum absolute atomic E-state index is 12.4. The number of nitriles is 1. The predicted molar refractivity (Wildman–Crippen MR) is 75.9 cm³/mol. The van der Waals surface area contributed by atoms with Crippen molar-refractivity contribution in [2.24, 2.45) is 34.5 Å². The molecule has 2 bridgehead atoms. The summed E-state index contributed by atoms with van der Waals surface area (Å²) in [6.07, 6.45) is 1.82. The Labute approximate surface area is 125 Å². The first-order valence-electron chi connectivity index (χ1n) is 7.95. The van der Waals surface area contributed by atoms with Crippen LogP contribution in [0.15, 0.2) is 0 Å². The Morgan fingerprint density at radius 3 is 2.71 bits per heavy atom. The lowest BCUT2D eigenvalue weighted by atomic mass is 9.68. The Bertz CT molecular complexity index is 547. The van der Waals surface area contributed by atoms with Crippen LogP contribution < -0.4 is 0 Å². The van der Waals surface area contributed by atoms with Crippen LogP contribution >= 0.6 is 0 Å². The molecule has 21 heavy (non-hydrogen) atoms. The van der Waals surface area contributed by atoms with Crippen LogP contribution in [0.4, 0.5) is 0 Å². The molecule has 0 N–H and O–H groups in total. The summed E-state index contributed by atoms with van der Waals surface area (Å²) in [5, 5.41) is 9.56. The van der Waals surface area contributed by atoms with Gasteiger partial charge in [0.1, 0.15) is 11.5 Å². The fourth-order valence-electron chi connectivity index (χ4n) is 4.79. The first-order chi connectivity index (χ1) is 9.79. The van der Waals surface area contributed by atoms with Crippen molar-refractivity contribution in [2.45, 2.75) is 53.1 Å². The van der Waals surface area contributed by atoms with Crippen molar-refractivity contribution < 1.29 is 14.3 Å². The molecule has 3 rings (SSSR count). The molecule has 0 amide bonds. The molecule has 0 saturated heterocycles.